The monoisotopic (exact) mass is 680 g/mol. The lowest BCUT2D eigenvalue weighted by molar-refractivity contribution is -0.191. The van der Waals surface area contributed by atoms with Gasteiger partial charge in [-0.1, -0.05) is 105 Å². The molecule has 0 aromatic heterocycles. The van der Waals surface area contributed by atoms with E-state index in [0.29, 0.717) is 24.7 Å². The lowest BCUT2D eigenvalue weighted by Crippen LogP contribution is -2.53. The van der Waals surface area contributed by atoms with E-state index in [4.69, 9.17) is 24.3 Å². The molecule has 2 atom stereocenters. The molecule has 0 saturated heterocycles. The minimum atomic E-state index is -2.61. The normalized spacial score (nSPS) is 14.0. The Bertz CT molecular complexity index is 554. The molecule has 0 amide bonds. The van der Waals surface area contributed by atoms with Crippen molar-refractivity contribution in [2.24, 2.45) is 22.7 Å². The van der Waals surface area contributed by atoms with Crippen molar-refractivity contribution in [3.8, 4) is 0 Å². The molecule has 44 heavy (non-hydrogen) atoms. The van der Waals surface area contributed by atoms with E-state index >= 15 is 0 Å². The first kappa shape index (κ1) is 46.5. The molecule has 10 N–H and O–H groups in total. The molecule has 0 aromatic carbocycles. The fourth-order valence-corrected chi connectivity index (χ4v) is 5.56. The van der Waals surface area contributed by atoms with Crippen LogP contribution in [0.4, 0.5) is 0 Å². The van der Waals surface area contributed by atoms with Crippen LogP contribution in [0.5, 0.6) is 0 Å². The van der Waals surface area contributed by atoms with Crippen molar-refractivity contribution in [1.82, 2.24) is 0 Å². The van der Waals surface area contributed by atoms with Gasteiger partial charge in [0, 0.05) is 0 Å². The third kappa shape index (κ3) is 21.3. The number of aliphatic hydroxyl groups is 6. The van der Waals surface area contributed by atoms with E-state index in [-0.39, 0.29) is 0 Å². The van der Waals surface area contributed by atoms with Gasteiger partial charge in [0.1, 0.15) is 0 Å². The van der Waals surface area contributed by atoms with E-state index in [0.717, 1.165) is 51.4 Å². The molecular formula is C30H66O12P2. The summed E-state index contributed by atoms with van der Waals surface area (Å²) < 4.78 is 10.1. The van der Waals surface area contributed by atoms with E-state index in [2.05, 4.69) is 32.0 Å². The maximum absolute atomic E-state index is 10.1. The third-order valence-electron chi connectivity index (χ3n) is 8.23. The van der Waals surface area contributed by atoms with Gasteiger partial charge in [0.15, 0.2) is 0 Å². The first-order valence-electron chi connectivity index (χ1n) is 16.2. The highest BCUT2D eigenvalue weighted by Crippen LogP contribution is 2.41. The molecule has 0 fully saturated rings. The minimum Gasteiger partial charge on any atom is -0.396 e. The van der Waals surface area contributed by atoms with Crippen LogP contribution in [0.1, 0.15) is 118 Å². The Labute approximate surface area is 268 Å². The third-order valence-corrected chi connectivity index (χ3v) is 9.39. The summed E-state index contributed by atoms with van der Waals surface area (Å²) in [5.74, 6) is 1.41. The fourth-order valence-electron chi connectivity index (χ4n) is 5.04. The van der Waals surface area contributed by atoms with Gasteiger partial charge in [-0.05, 0) is 24.7 Å². The van der Waals surface area contributed by atoms with Gasteiger partial charge >= 0.3 is 17.2 Å². The van der Waals surface area contributed by atoms with Gasteiger partial charge in [-0.25, -0.2) is 4.31 Å². The van der Waals surface area contributed by atoms with Gasteiger partial charge in [-0.2, -0.15) is 0 Å². The maximum atomic E-state index is 10.1. The van der Waals surface area contributed by atoms with Gasteiger partial charge in [-0.15, -0.1) is 0 Å². The van der Waals surface area contributed by atoms with Gasteiger partial charge in [-0.3, -0.25) is 0 Å². The molecule has 12 nitrogen and oxygen atoms in total. The average molecular weight is 681 g/mol. The Balaban J connectivity index is 0. The van der Waals surface area contributed by atoms with Crippen molar-refractivity contribution < 1.29 is 59.3 Å². The van der Waals surface area contributed by atoms with Gasteiger partial charge in [0.25, 0.3) is 0 Å². The van der Waals surface area contributed by atoms with Crippen LogP contribution in [-0.2, 0) is 9.05 Å². The lowest BCUT2D eigenvalue weighted by atomic mass is 9.78. The second kappa shape index (κ2) is 28.4. The second-order valence-corrected chi connectivity index (χ2v) is 14.5. The van der Waals surface area contributed by atoms with Crippen LogP contribution >= 0.6 is 17.2 Å². The summed E-state index contributed by atoms with van der Waals surface area (Å²) in [6.07, 6.45) is 12.7. The number of rotatable bonds is 28. The summed E-state index contributed by atoms with van der Waals surface area (Å²) in [5.41, 5.74) is -2.47. The van der Waals surface area contributed by atoms with Gasteiger partial charge in [0.05, 0.1) is 62.7 Å². The SMILES string of the molecule is CC(C)CCCCCCCC(OC(CCCCCCCC(C)C)C(CO)(CO)CO)C(CO)(CO)CO.OP(O)OP(O)O. The molecule has 0 rings (SSSR count). The molecule has 0 bridgehead atoms. The van der Waals surface area contributed by atoms with E-state index in [1.165, 1.54) is 25.7 Å². The average Bonchev–Trinajstić information content (AvgIpc) is 2.97. The molecule has 0 spiro atoms. The van der Waals surface area contributed by atoms with Crippen LogP contribution in [0.3, 0.4) is 0 Å². The number of aliphatic hydroxyl groups excluding tert-OH is 6. The Morgan fingerprint density at radius 1 is 0.432 bits per heavy atom. The second-order valence-electron chi connectivity index (χ2n) is 12.9. The fraction of sp³-hybridized carbons (Fsp3) is 1.00. The predicted octanol–water partition coefficient (Wildman–Crippen LogP) is 3.87. The zero-order valence-electron chi connectivity index (χ0n) is 27.6. The number of hydrogen-bond acceptors (Lipinski definition) is 12. The van der Waals surface area contributed by atoms with Crippen molar-refractivity contribution in [2.75, 3.05) is 39.6 Å². The van der Waals surface area contributed by atoms with Gasteiger partial charge in [0.2, 0.25) is 0 Å². The molecule has 0 radical (unpaired) electrons. The molecule has 2 unspecified atom stereocenters. The van der Waals surface area contributed by atoms with Gasteiger partial charge < -0.3 is 54.9 Å². The van der Waals surface area contributed by atoms with Crippen LogP contribution in [0.25, 0.3) is 0 Å². The lowest BCUT2D eigenvalue weighted by Gasteiger charge is -2.43. The summed E-state index contributed by atoms with van der Waals surface area (Å²) in [6.45, 7) is 6.29. The van der Waals surface area contributed by atoms with Crippen molar-refractivity contribution in [3.05, 3.63) is 0 Å². The number of unbranched alkanes of at least 4 members (excludes halogenated alkanes) is 8. The van der Waals surface area contributed by atoms with Crippen LogP contribution in [0.2, 0.25) is 0 Å². The molecule has 0 aliphatic heterocycles. The Morgan fingerprint density at radius 3 is 0.886 bits per heavy atom. The standard InChI is InChI=1S/C30H62O7.H4O5P2/c1-25(2)15-11-7-5-9-13-17-27(29(19-31,20-32)21-33)37-28(30(22-34,23-35)24-36)18-14-10-6-8-12-16-26(3)4;1-6(2)5-7(3)4/h25-28,31-36H,5-24H2,1-4H3;1-4H. The van der Waals surface area contributed by atoms with Crippen molar-refractivity contribution in [3.63, 3.8) is 0 Å². The summed E-state index contributed by atoms with van der Waals surface area (Å²) in [5, 5.41) is 60.9. The topological polar surface area (TPSA) is 221 Å². The number of ether oxygens (including phenoxy) is 1. The molecule has 0 heterocycles. The van der Waals surface area contributed by atoms with Crippen LogP contribution in [0, 0.1) is 22.7 Å². The summed E-state index contributed by atoms with van der Waals surface area (Å²) in [4.78, 5) is 31.3. The van der Waals surface area contributed by atoms with E-state index < -0.39 is 79.9 Å². The molecule has 0 aliphatic carbocycles. The van der Waals surface area contributed by atoms with Crippen LogP contribution < -0.4 is 0 Å². The van der Waals surface area contributed by atoms with Crippen molar-refractivity contribution in [1.29, 1.82) is 0 Å². The van der Waals surface area contributed by atoms with Crippen molar-refractivity contribution in [2.45, 2.75) is 130 Å². The van der Waals surface area contributed by atoms with E-state index in [9.17, 15) is 30.6 Å². The highest BCUT2D eigenvalue weighted by molar-refractivity contribution is 7.53. The summed E-state index contributed by atoms with van der Waals surface area (Å²) in [6, 6.07) is 0. The Morgan fingerprint density at radius 2 is 0.682 bits per heavy atom. The first-order chi connectivity index (χ1) is 20.8. The van der Waals surface area contributed by atoms with Crippen LogP contribution in [-0.4, -0.2) is 102 Å². The zero-order valence-corrected chi connectivity index (χ0v) is 29.4. The highest BCUT2D eigenvalue weighted by atomic mass is 31.2. The smallest absolute Gasteiger partial charge is 0.334 e. The van der Waals surface area contributed by atoms with Crippen LogP contribution in [0.15, 0.2) is 0 Å². The first-order valence-corrected chi connectivity index (χ1v) is 18.5. The number of hydrogen-bond donors (Lipinski definition) is 10. The van der Waals surface area contributed by atoms with E-state index in [1.807, 2.05) is 0 Å². The predicted molar refractivity (Wildman–Crippen MR) is 174 cm³/mol. The zero-order chi connectivity index (χ0) is 34.0. The molecular weight excluding hydrogens is 614 g/mol. The molecule has 0 saturated carbocycles. The molecule has 268 valence electrons. The Kier molecular flexibility index (Phi) is 30.0. The summed E-state index contributed by atoms with van der Waals surface area (Å²) >= 11 is 0. The summed E-state index contributed by atoms with van der Waals surface area (Å²) in [7, 11) is -5.22. The molecule has 0 aromatic rings. The Hall–Kier alpha value is 0.380. The van der Waals surface area contributed by atoms with Crippen molar-refractivity contribution >= 4 is 17.2 Å². The quantitative estimate of drug-likeness (QED) is 0.0421. The maximum Gasteiger partial charge on any atom is 0.334 e. The molecule has 0 aliphatic rings. The molecule has 14 heteroatoms. The largest absolute Gasteiger partial charge is 0.396 e. The van der Waals surface area contributed by atoms with E-state index in [1.54, 1.807) is 0 Å². The minimum absolute atomic E-state index is 0.438. The highest BCUT2D eigenvalue weighted by Gasteiger charge is 2.45.